The minimum Gasteiger partial charge on any atom is -0.481 e. The van der Waals surface area contributed by atoms with E-state index in [2.05, 4.69) is 6.58 Å². The van der Waals surface area contributed by atoms with Gasteiger partial charge >= 0.3 is 17.9 Å². The van der Waals surface area contributed by atoms with Crippen LogP contribution < -0.4 is 0 Å². The van der Waals surface area contributed by atoms with Crippen LogP contribution in [0.3, 0.4) is 0 Å². The molecule has 19 heavy (non-hydrogen) atoms. The number of carbonyl (C=O) groups is 3. The Morgan fingerprint density at radius 3 is 2.16 bits per heavy atom. The molecule has 0 aliphatic heterocycles. The number of aliphatic carboxylic acids is 2. The summed E-state index contributed by atoms with van der Waals surface area (Å²) in [6.45, 7) is 4.99. The van der Waals surface area contributed by atoms with E-state index in [9.17, 15) is 19.5 Å². The highest BCUT2D eigenvalue weighted by atomic mass is 16.5. The highest BCUT2D eigenvalue weighted by Crippen LogP contribution is 2.53. The van der Waals surface area contributed by atoms with Crippen molar-refractivity contribution in [3.8, 4) is 0 Å². The van der Waals surface area contributed by atoms with Gasteiger partial charge in [-0.05, 0) is 25.7 Å². The molecule has 0 amide bonds. The highest BCUT2D eigenvalue weighted by molar-refractivity contribution is 5.87. The summed E-state index contributed by atoms with van der Waals surface area (Å²) in [5.74, 6) is -5.24. The van der Waals surface area contributed by atoms with E-state index >= 15 is 0 Å². The number of hydrogen-bond donors (Lipinski definition) is 2. The van der Waals surface area contributed by atoms with Crippen LogP contribution in [-0.4, -0.2) is 34.2 Å². The van der Waals surface area contributed by atoms with E-state index < -0.39 is 41.8 Å². The number of fused-ring (bicyclic) bond motifs is 2. The smallest absolute Gasteiger partial charge is 0.333 e. The molecule has 0 aromatic heterocycles. The van der Waals surface area contributed by atoms with Crippen molar-refractivity contribution >= 4 is 17.9 Å². The van der Waals surface area contributed by atoms with Gasteiger partial charge in [0.1, 0.15) is 6.10 Å². The molecule has 0 spiro atoms. The number of hydrogen-bond acceptors (Lipinski definition) is 4. The second kappa shape index (κ2) is 4.68. The van der Waals surface area contributed by atoms with Crippen molar-refractivity contribution in [1.82, 2.24) is 0 Å². The van der Waals surface area contributed by atoms with Crippen molar-refractivity contribution in [1.29, 1.82) is 0 Å². The third-order valence-electron chi connectivity index (χ3n) is 4.12. The average Bonchev–Trinajstić information content (AvgIpc) is 2.84. The predicted octanol–water partition coefficient (Wildman–Crippen LogP) is 0.916. The molecule has 2 saturated carbocycles. The van der Waals surface area contributed by atoms with E-state index in [0.717, 1.165) is 0 Å². The molecule has 2 fully saturated rings. The van der Waals surface area contributed by atoms with Crippen LogP contribution in [0.5, 0.6) is 0 Å². The van der Waals surface area contributed by atoms with Crippen LogP contribution in [0.4, 0.5) is 0 Å². The lowest BCUT2D eigenvalue weighted by Crippen LogP contribution is -2.41. The van der Waals surface area contributed by atoms with Crippen LogP contribution in [0.2, 0.25) is 0 Å². The molecule has 2 N–H and O–H groups in total. The Morgan fingerprint density at radius 2 is 1.68 bits per heavy atom. The van der Waals surface area contributed by atoms with Gasteiger partial charge in [0.2, 0.25) is 0 Å². The first-order valence-corrected chi connectivity index (χ1v) is 6.15. The van der Waals surface area contributed by atoms with Crippen LogP contribution in [0.1, 0.15) is 19.8 Å². The van der Waals surface area contributed by atoms with E-state index in [0.29, 0.717) is 12.8 Å². The second-order valence-electron chi connectivity index (χ2n) is 5.35. The van der Waals surface area contributed by atoms with Crippen molar-refractivity contribution in [3.63, 3.8) is 0 Å². The molecule has 6 nitrogen and oxygen atoms in total. The lowest BCUT2D eigenvalue weighted by molar-refractivity contribution is -0.163. The Morgan fingerprint density at radius 1 is 1.11 bits per heavy atom. The van der Waals surface area contributed by atoms with Crippen LogP contribution in [0.25, 0.3) is 0 Å². The largest absolute Gasteiger partial charge is 0.481 e. The monoisotopic (exact) mass is 268 g/mol. The van der Waals surface area contributed by atoms with Crippen molar-refractivity contribution < 1.29 is 29.3 Å². The molecule has 5 unspecified atom stereocenters. The first kappa shape index (κ1) is 13.6. The fourth-order valence-electron chi connectivity index (χ4n) is 3.37. The molecular weight excluding hydrogens is 252 g/mol. The summed E-state index contributed by atoms with van der Waals surface area (Å²) in [5.41, 5.74) is 0.254. The molecule has 0 saturated heterocycles. The molecule has 2 aliphatic rings. The van der Waals surface area contributed by atoms with E-state index in [1.54, 1.807) is 0 Å². The van der Waals surface area contributed by atoms with Gasteiger partial charge in [-0.1, -0.05) is 6.58 Å². The topological polar surface area (TPSA) is 101 Å². The Labute approximate surface area is 110 Å². The van der Waals surface area contributed by atoms with Crippen molar-refractivity contribution in [2.75, 3.05) is 0 Å². The van der Waals surface area contributed by atoms with E-state index in [-0.39, 0.29) is 11.5 Å². The molecule has 0 heterocycles. The summed E-state index contributed by atoms with van der Waals surface area (Å²) in [4.78, 5) is 33.9. The molecule has 0 aromatic rings. The standard InChI is InChI=1S/C13H16O6/c1-5(2)13(18)19-8-4-6-3-7(8)10(12(16)17)9(6)11(14)15/h6-10H,1,3-4H2,2H3,(H,14,15)(H,16,17). The third-order valence-corrected chi connectivity index (χ3v) is 4.12. The Hall–Kier alpha value is -1.85. The molecule has 6 heteroatoms. The van der Waals surface area contributed by atoms with Gasteiger partial charge in [0.05, 0.1) is 11.8 Å². The van der Waals surface area contributed by atoms with Gasteiger partial charge in [0.15, 0.2) is 0 Å². The molecule has 104 valence electrons. The van der Waals surface area contributed by atoms with Crippen LogP contribution >= 0.6 is 0 Å². The SMILES string of the molecule is C=C(C)C(=O)OC1CC2CC1C(C(=O)O)C2C(=O)O. The lowest BCUT2D eigenvalue weighted by Gasteiger charge is -2.30. The van der Waals surface area contributed by atoms with Crippen molar-refractivity contribution in [2.45, 2.75) is 25.9 Å². The molecule has 0 radical (unpaired) electrons. The number of carboxylic acids is 2. The van der Waals surface area contributed by atoms with E-state index in [1.807, 2.05) is 0 Å². The van der Waals surface area contributed by atoms with Gasteiger partial charge in [-0.3, -0.25) is 9.59 Å². The zero-order valence-electron chi connectivity index (χ0n) is 10.5. The molecular formula is C13H16O6. The molecule has 2 rings (SSSR count). The summed E-state index contributed by atoms with van der Waals surface area (Å²) in [5, 5.41) is 18.3. The number of ether oxygens (including phenoxy) is 1. The maximum absolute atomic E-state index is 11.5. The predicted molar refractivity (Wildman–Crippen MR) is 63.2 cm³/mol. The van der Waals surface area contributed by atoms with Crippen LogP contribution in [0, 0.1) is 23.7 Å². The minimum atomic E-state index is -1.13. The van der Waals surface area contributed by atoms with Crippen molar-refractivity contribution in [3.05, 3.63) is 12.2 Å². The normalized spacial score (nSPS) is 35.9. The summed E-state index contributed by atoms with van der Waals surface area (Å²) < 4.78 is 5.22. The Kier molecular flexibility index (Phi) is 3.34. The maximum atomic E-state index is 11.5. The molecule has 0 aromatic carbocycles. The average molecular weight is 268 g/mol. The van der Waals surface area contributed by atoms with Gasteiger partial charge in [0, 0.05) is 11.5 Å². The number of carboxylic acid groups (broad SMARTS) is 2. The van der Waals surface area contributed by atoms with Crippen LogP contribution in [0.15, 0.2) is 12.2 Å². The van der Waals surface area contributed by atoms with Gasteiger partial charge in [-0.2, -0.15) is 0 Å². The zero-order valence-corrected chi connectivity index (χ0v) is 10.5. The Bertz CT molecular complexity index is 454. The van der Waals surface area contributed by atoms with Gasteiger partial charge in [-0.25, -0.2) is 4.79 Å². The number of carbonyl (C=O) groups excluding carboxylic acids is 1. The summed E-state index contributed by atoms with van der Waals surface area (Å²) in [6, 6.07) is 0. The maximum Gasteiger partial charge on any atom is 0.333 e. The third kappa shape index (κ3) is 2.22. The highest BCUT2D eigenvalue weighted by Gasteiger charge is 2.59. The summed E-state index contributed by atoms with van der Waals surface area (Å²) >= 11 is 0. The summed E-state index contributed by atoms with van der Waals surface area (Å²) in [6.07, 6.45) is 0.401. The molecule has 5 atom stereocenters. The fraction of sp³-hybridized carbons (Fsp3) is 0.615. The molecule has 2 bridgehead atoms. The van der Waals surface area contributed by atoms with Gasteiger partial charge in [0.25, 0.3) is 0 Å². The van der Waals surface area contributed by atoms with Crippen molar-refractivity contribution in [2.24, 2.45) is 23.7 Å². The number of esters is 1. The number of rotatable bonds is 4. The lowest BCUT2D eigenvalue weighted by atomic mass is 9.78. The van der Waals surface area contributed by atoms with E-state index in [1.165, 1.54) is 6.92 Å². The summed E-state index contributed by atoms with van der Waals surface area (Å²) in [7, 11) is 0. The zero-order chi connectivity index (χ0) is 14.3. The fourth-order valence-corrected chi connectivity index (χ4v) is 3.37. The minimum absolute atomic E-state index is 0.230. The Balaban J connectivity index is 2.15. The first-order chi connectivity index (χ1) is 8.82. The second-order valence-corrected chi connectivity index (χ2v) is 5.35. The quantitative estimate of drug-likeness (QED) is 0.580. The first-order valence-electron chi connectivity index (χ1n) is 6.15. The van der Waals surface area contributed by atoms with E-state index in [4.69, 9.17) is 9.84 Å². The van der Waals surface area contributed by atoms with Gasteiger partial charge in [-0.15, -0.1) is 0 Å². The molecule has 2 aliphatic carbocycles. The van der Waals surface area contributed by atoms with Crippen LogP contribution in [-0.2, 0) is 19.1 Å². The van der Waals surface area contributed by atoms with Gasteiger partial charge < -0.3 is 14.9 Å².